The Labute approximate surface area is 188 Å². The Balaban J connectivity index is 1.39. The molecule has 7 nitrogen and oxygen atoms in total. The van der Waals surface area contributed by atoms with Gasteiger partial charge < -0.3 is 18.9 Å². The first-order valence-corrected chi connectivity index (χ1v) is 10.9. The molecule has 4 rings (SSSR count). The maximum Gasteiger partial charge on any atom is 0.232 e. The monoisotopic (exact) mass is 435 g/mol. The van der Waals surface area contributed by atoms with E-state index in [0.29, 0.717) is 48.6 Å². The largest absolute Gasteiger partial charge is 0.493 e. The number of carbonyl (C=O) groups is 1. The topological polar surface area (TPSA) is 77.7 Å². The van der Waals surface area contributed by atoms with Crippen LogP contribution in [0, 0.1) is 0 Å². The van der Waals surface area contributed by atoms with E-state index in [1.54, 1.807) is 14.2 Å². The lowest BCUT2D eigenvalue weighted by molar-refractivity contribution is -0.127. The summed E-state index contributed by atoms with van der Waals surface area (Å²) in [5, 5.41) is 4.14. The Hall–Kier alpha value is -3.35. The van der Waals surface area contributed by atoms with Crippen LogP contribution in [-0.2, 0) is 11.2 Å². The van der Waals surface area contributed by atoms with Crippen molar-refractivity contribution in [3.8, 4) is 22.9 Å². The zero-order chi connectivity index (χ0) is 22.7. The summed E-state index contributed by atoms with van der Waals surface area (Å²) in [7, 11) is 3.23. The third kappa shape index (κ3) is 4.61. The van der Waals surface area contributed by atoms with Crippen LogP contribution in [0.2, 0.25) is 0 Å². The summed E-state index contributed by atoms with van der Waals surface area (Å²) in [5.41, 5.74) is 3.27. The van der Waals surface area contributed by atoms with Gasteiger partial charge in [-0.15, -0.1) is 0 Å². The highest BCUT2D eigenvalue weighted by molar-refractivity contribution is 5.79. The molecule has 1 aliphatic heterocycles. The first kappa shape index (κ1) is 21.9. The number of rotatable bonds is 8. The van der Waals surface area contributed by atoms with Crippen LogP contribution in [0.25, 0.3) is 11.4 Å². The molecular formula is C25H29N3O4. The van der Waals surface area contributed by atoms with Crippen LogP contribution >= 0.6 is 0 Å². The third-order valence-corrected chi connectivity index (χ3v) is 5.96. The molecule has 0 saturated carbocycles. The van der Waals surface area contributed by atoms with E-state index in [9.17, 15) is 4.79 Å². The van der Waals surface area contributed by atoms with E-state index in [1.165, 1.54) is 5.56 Å². The van der Waals surface area contributed by atoms with Crippen molar-refractivity contribution in [2.75, 3.05) is 27.3 Å². The minimum Gasteiger partial charge on any atom is -0.493 e. The number of aromatic nitrogens is 2. The van der Waals surface area contributed by atoms with Crippen molar-refractivity contribution >= 4 is 5.91 Å². The number of hydrogen-bond donors (Lipinski definition) is 0. The van der Waals surface area contributed by atoms with E-state index < -0.39 is 0 Å². The number of nitrogens with zero attached hydrogens (tertiary/aromatic N) is 3. The van der Waals surface area contributed by atoms with Gasteiger partial charge in [0.1, 0.15) is 0 Å². The SMILES string of the molecule is COc1ccc(CCN2CC(c3nc(-c4ccc(C(C)C)cc4)no3)CC2=O)cc1OC. The fraction of sp³-hybridized carbons (Fsp3) is 0.400. The minimum absolute atomic E-state index is 0.0795. The van der Waals surface area contributed by atoms with Crippen molar-refractivity contribution in [2.45, 2.75) is 38.5 Å². The maximum absolute atomic E-state index is 12.6. The van der Waals surface area contributed by atoms with Crippen molar-refractivity contribution in [1.82, 2.24) is 15.0 Å². The summed E-state index contributed by atoms with van der Waals surface area (Å²) in [6.07, 6.45) is 1.12. The lowest BCUT2D eigenvalue weighted by Crippen LogP contribution is -2.27. The van der Waals surface area contributed by atoms with Gasteiger partial charge in [-0.05, 0) is 35.6 Å². The Morgan fingerprint density at radius 1 is 1.09 bits per heavy atom. The summed E-state index contributed by atoms with van der Waals surface area (Å²) < 4.78 is 16.2. The van der Waals surface area contributed by atoms with Crippen LogP contribution in [0.4, 0.5) is 0 Å². The van der Waals surface area contributed by atoms with Crippen LogP contribution in [0.5, 0.6) is 11.5 Å². The minimum atomic E-state index is -0.0795. The van der Waals surface area contributed by atoms with Crippen LogP contribution in [0.3, 0.4) is 0 Å². The molecule has 3 aromatic rings. The van der Waals surface area contributed by atoms with E-state index in [-0.39, 0.29) is 11.8 Å². The Morgan fingerprint density at radius 3 is 2.53 bits per heavy atom. The first-order valence-electron chi connectivity index (χ1n) is 10.9. The van der Waals surface area contributed by atoms with E-state index in [0.717, 1.165) is 17.5 Å². The van der Waals surface area contributed by atoms with Crippen molar-refractivity contribution in [3.05, 3.63) is 59.5 Å². The number of carbonyl (C=O) groups excluding carboxylic acids is 1. The summed E-state index contributed by atoms with van der Waals surface area (Å²) in [6, 6.07) is 14.0. The van der Waals surface area contributed by atoms with Crippen molar-refractivity contribution in [2.24, 2.45) is 0 Å². The molecule has 1 unspecified atom stereocenters. The number of likely N-dealkylation sites (tertiary alicyclic amines) is 1. The molecule has 2 aromatic carbocycles. The van der Waals surface area contributed by atoms with E-state index in [2.05, 4.69) is 36.1 Å². The van der Waals surface area contributed by atoms with Gasteiger partial charge in [-0.2, -0.15) is 4.98 Å². The van der Waals surface area contributed by atoms with E-state index in [1.807, 2.05) is 35.2 Å². The second-order valence-corrected chi connectivity index (χ2v) is 8.41. The zero-order valence-corrected chi connectivity index (χ0v) is 19.0. The summed E-state index contributed by atoms with van der Waals surface area (Å²) in [5.74, 6) is 2.97. The molecule has 2 heterocycles. The van der Waals surface area contributed by atoms with E-state index >= 15 is 0 Å². The molecule has 0 aliphatic carbocycles. The van der Waals surface area contributed by atoms with Crippen molar-refractivity contribution in [1.29, 1.82) is 0 Å². The summed E-state index contributed by atoms with van der Waals surface area (Å²) in [4.78, 5) is 19.0. The second kappa shape index (κ2) is 9.42. The van der Waals surface area contributed by atoms with Gasteiger partial charge in [0.15, 0.2) is 11.5 Å². The number of hydrogen-bond acceptors (Lipinski definition) is 6. The lowest BCUT2D eigenvalue weighted by atomic mass is 10.0. The molecule has 1 fully saturated rings. The van der Waals surface area contributed by atoms with Gasteiger partial charge in [-0.3, -0.25) is 4.79 Å². The molecule has 0 N–H and O–H groups in total. The van der Waals surface area contributed by atoms with Gasteiger partial charge in [-0.1, -0.05) is 49.3 Å². The molecule has 1 aromatic heterocycles. The van der Waals surface area contributed by atoms with Gasteiger partial charge in [0.25, 0.3) is 0 Å². The van der Waals surface area contributed by atoms with Gasteiger partial charge in [0.05, 0.1) is 20.1 Å². The highest BCUT2D eigenvalue weighted by Crippen LogP contribution is 2.31. The number of amides is 1. The van der Waals surface area contributed by atoms with E-state index in [4.69, 9.17) is 14.0 Å². The maximum atomic E-state index is 12.6. The Bertz CT molecular complexity index is 1080. The number of ether oxygens (including phenoxy) is 2. The smallest absolute Gasteiger partial charge is 0.232 e. The highest BCUT2D eigenvalue weighted by Gasteiger charge is 2.34. The van der Waals surface area contributed by atoms with Crippen LogP contribution < -0.4 is 9.47 Å². The molecule has 32 heavy (non-hydrogen) atoms. The molecule has 7 heteroatoms. The molecular weight excluding hydrogens is 406 g/mol. The van der Waals surface area contributed by atoms with Gasteiger partial charge in [0.2, 0.25) is 17.6 Å². The van der Waals surface area contributed by atoms with Crippen molar-refractivity contribution in [3.63, 3.8) is 0 Å². The number of methoxy groups -OCH3 is 2. The molecule has 0 radical (unpaired) electrons. The molecule has 0 bridgehead atoms. The highest BCUT2D eigenvalue weighted by atomic mass is 16.5. The van der Waals surface area contributed by atoms with Gasteiger partial charge >= 0.3 is 0 Å². The average Bonchev–Trinajstić information content (AvgIpc) is 3.44. The standard InChI is InChI=1S/C25H29N3O4/c1-16(2)18-6-8-19(9-7-18)24-26-25(32-27-24)20-14-23(29)28(15-20)12-11-17-5-10-21(30-3)22(13-17)31-4/h5-10,13,16,20H,11-12,14-15H2,1-4H3. The molecule has 1 aliphatic rings. The fourth-order valence-electron chi connectivity index (χ4n) is 3.99. The molecule has 168 valence electrons. The van der Waals surface area contributed by atoms with Gasteiger partial charge in [-0.25, -0.2) is 0 Å². The van der Waals surface area contributed by atoms with Gasteiger partial charge in [0, 0.05) is 25.1 Å². The third-order valence-electron chi connectivity index (χ3n) is 5.96. The number of benzene rings is 2. The lowest BCUT2D eigenvalue weighted by Gasteiger charge is -2.16. The van der Waals surface area contributed by atoms with Crippen LogP contribution in [0.1, 0.15) is 49.1 Å². The molecule has 1 atom stereocenters. The Kier molecular flexibility index (Phi) is 6.44. The summed E-state index contributed by atoms with van der Waals surface area (Å²) in [6.45, 7) is 5.54. The van der Waals surface area contributed by atoms with Crippen molar-refractivity contribution < 1.29 is 18.8 Å². The average molecular weight is 436 g/mol. The first-order chi connectivity index (χ1) is 15.5. The normalized spacial score (nSPS) is 16.1. The quantitative estimate of drug-likeness (QED) is 0.521. The van der Waals surface area contributed by atoms with Crippen LogP contribution in [-0.4, -0.2) is 48.3 Å². The molecule has 1 saturated heterocycles. The Morgan fingerprint density at radius 2 is 1.84 bits per heavy atom. The molecule has 1 amide bonds. The fourth-order valence-corrected chi connectivity index (χ4v) is 3.99. The zero-order valence-electron chi connectivity index (χ0n) is 19.0. The van der Waals surface area contributed by atoms with Crippen LogP contribution in [0.15, 0.2) is 47.0 Å². The summed E-state index contributed by atoms with van der Waals surface area (Å²) >= 11 is 0. The second-order valence-electron chi connectivity index (χ2n) is 8.41. The predicted octanol–water partition coefficient (Wildman–Crippen LogP) is 4.44. The molecule has 0 spiro atoms. The predicted molar refractivity (Wildman–Crippen MR) is 121 cm³/mol.